The second kappa shape index (κ2) is 7.18. The van der Waals surface area contributed by atoms with Gasteiger partial charge in [0.2, 0.25) is 11.8 Å². The summed E-state index contributed by atoms with van der Waals surface area (Å²) in [5, 5.41) is 0. The maximum absolute atomic E-state index is 12.8. The maximum Gasteiger partial charge on any atom is 0.227 e. The van der Waals surface area contributed by atoms with Crippen LogP contribution in [0.5, 0.6) is 0 Å². The van der Waals surface area contributed by atoms with Crippen LogP contribution < -0.4 is 0 Å². The SMILES string of the molecule is COCCN1CC(C(=O)N2CCC3(CCCO3)CC2)CCC1=O. The van der Waals surface area contributed by atoms with Crippen molar-refractivity contribution in [2.45, 2.75) is 44.1 Å². The van der Waals surface area contributed by atoms with Gasteiger partial charge in [0.25, 0.3) is 0 Å². The van der Waals surface area contributed by atoms with Crippen LogP contribution in [-0.2, 0) is 19.1 Å². The lowest BCUT2D eigenvalue weighted by Crippen LogP contribution is -2.52. The van der Waals surface area contributed by atoms with E-state index in [9.17, 15) is 9.59 Å². The molecule has 0 aromatic heterocycles. The van der Waals surface area contributed by atoms with Gasteiger partial charge in [-0.25, -0.2) is 0 Å². The lowest BCUT2D eigenvalue weighted by molar-refractivity contribution is -0.146. The summed E-state index contributed by atoms with van der Waals surface area (Å²) in [5.74, 6) is 0.305. The van der Waals surface area contributed by atoms with Crippen LogP contribution in [0.2, 0.25) is 0 Å². The molecule has 3 rings (SSSR count). The van der Waals surface area contributed by atoms with Gasteiger partial charge in [0, 0.05) is 46.3 Å². The number of piperidine rings is 2. The summed E-state index contributed by atoms with van der Waals surface area (Å²) in [6.45, 7) is 4.10. The van der Waals surface area contributed by atoms with Crippen molar-refractivity contribution < 1.29 is 19.1 Å². The summed E-state index contributed by atoms with van der Waals surface area (Å²) in [6, 6.07) is 0. The molecule has 6 nitrogen and oxygen atoms in total. The number of hydrogen-bond acceptors (Lipinski definition) is 4. The number of carbonyl (C=O) groups is 2. The predicted octanol–water partition coefficient (Wildman–Crippen LogP) is 1.04. The molecule has 0 saturated carbocycles. The highest BCUT2D eigenvalue weighted by Gasteiger charge is 2.41. The van der Waals surface area contributed by atoms with Gasteiger partial charge in [-0.2, -0.15) is 0 Å². The molecule has 3 aliphatic heterocycles. The molecular formula is C17H28N2O4. The summed E-state index contributed by atoms with van der Waals surface area (Å²) in [6.07, 6.45) is 5.35. The van der Waals surface area contributed by atoms with E-state index in [-0.39, 0.29) is 23.3 Å². The first-order valence-corrected chi connectivity index (χ1v) is 8.83. The molecule has 1 unspecified atom stereocenters. The minimum absolute atomic E-state index is 0.0454. The Balaban J connectivity index is 1.52. The number of carbonyl (C=O) groups excluding carboxylic acids is 2. The van der Waals surface area contributed by atoms with Gasteiger partial charge >= 0.3 is 0 Å². The third-order valence-electron chi connectivity index (χ3n) is 5.59. The molecule has 23 heavy (non-hydrogen) atoms. The first-order chi connectivity index (χ1) is 11.1. The van der Waals surface area contributed by atoms with E-state index in [1.807, 2.05) is 4.90 Å². The fourth-order valence-electron chi connectivity index (χ4n) is 4.08. The summed E-state index contributed by atoms with van der Waals surface area (Å²) in [7, 11) is 1.63. The summed E-state index contributed by atoms with van der Waals surface area (Å²) >= 11 is 0. The highest BCUT2D eigenvalue weighted by Crippen LogP contribution is 2.36. The molecule has 0 aliphatic carbocycles. The molecule has 1 spiro atoms. The smallest absolute Gasteiger partial charge is 0.227 e. The zero-order valence-electron chi connectivity index (χ0n) is 14.1. The zero-order valence-corrected chi connectivity index (χ0v) is 14.1. The van der Waals surface area contributed by atoms with E-state index >= 15 is 0 Å². The Hall–Kier alpha value is -1.14. The van der Waals surface area contributed by atoms with Gasteiger partial charge in [-0.15, -0.1) is 0 Å². The van der Waals surface area contributed by atoms with Crippen LogP contribution in [0, 0.1) is 5.92 Å². The Morgan fingerprint density at radius 1 is 1.35 bits per heavy atom. The molecule has 3 saturated heterocycles. The Bertz CT molecular complexity index is 438. The van der Waals surface area contributed by atoms with Crippen LogP contribution in [0.25, 0.3) is 0 Å². The first kappa shape index (κ1) is 16.7. The monoisotopic (exact) mass is 324 g/mol. The van der Waals surface area contributed by atoms with Gasteiger partial charge in [-0.3, -0.25) is 9.59 Å². The van der Waals surface area contributed by atoms with E-state index in [4.69, 9.17) is 9.47 Å². The van der Waals surface area contributed by atoms with Crippen LogP contribution in [0.15, 0.2) is 0 Å². The zero-order chi connectivity index (χ0) is 16.3. The average molecular weight is 324 g/mol. The van der Waals surface area contributed by atoms with E-state index in [2.05, 4.69) is 0 Å². The molecule has 2 amide bonds. The molecule has 3 heterocycles. The fourth-order valence-corrected chi connectivity index (χ4v) is 4.08. The van der Waals surface area contributed by atoms with Crippen LogP contribution >= 0.6 is 0 Å². The highest BCUT2D eigenvalue weighted by molar-refractivity contribution is 5.84. The number of likely N-dealkylation sites (tertiary alicyclic amines) is 2. The fraction of sp³-hybridized carbons (Fsp3) is 0.882. The second-order valence-electron chi connectivity index (χ2n) is 7.03. The number of hydrogen-bond donors (Lipinski definition) is 0. The van der Waals surface area contributed by atoms with Crippen molar-refractivity contribution in [3.63, 3.8) is 0 Å². The molecule has 0 N–H and O–H groups in total. The van der Waals surface area contributed by atoms with Crippen molar-refractivity contribution in [1.29, 1.82) is 0 Å². The lowest BCUT2D eigenvalue weighted by Gasteiger charge is -2.41. The third kappa shape index (κ3) is 3.69. The van der Waals surface area contributed by atoms with Gasteiger partial charge < -0.3 is 19.3 Å². The van der Waals surface area contributed by atoms with E-state index in [1.54, 1.807) is 12.0 Å². The number of ether oxygens (including phenoxy) is 2. The highest BCUT2D eigenvalue weighted by atomic mass is 16.5. The van der Waals surface area contributed by atoms with Crippen molar-refractivity contribution in [2.24, 2.45) is 5.92 Å². The first-order valence-electron chi connectivity index (χ1n) is 8.83. The normalized spacial score (nSPS) is 27.7. The van der Waals surface area contributed by atoms with Gasteiger partial charge in [-0.05, 0) is 32.1 Å². The molecule has 6 heteroatoms. The third-order valence-corrected chi connectivity index (χ3v) is 5.59. The van der Waals surface area contributed by atoms with Crippen molar-refractivity contribution >= 4 is 11.8 Å². The van der Waals surface area contributed by atoms with Gasteiger partial charge in [-0.1, -0.05) is 0 Å². The molecule has 0 bridgehead atoms. The molecule has 1 atom stereocenters. The molecular weight excluding hydrogens is 296 g/mol. The molecule has 130 valence electrons. The van der Waals surface area contributed by atoms with Crippen LogP contribution in [-0.4, -0.2) is 73.7 Å². The molecule has 0 aromatic carbocycles. The number of rotatable bonds is 4. The quantitative estimate of drug-likeness (QED) is 0.775. The van der Waals surface area contributed by atoms with Gasteiger partial charge in [0.1, 0.15) is 0 Å². The van der Waals surface area contributed by atoms with Crippen molar-refractivity contribution in [3.05, 3.63) is 0 Å². The lowest BCUT2D eigenvalue weighted by atomic mass is 9.87. The predicted molar refractivity (Wildman–Crippen MR) is 84.9 cm³/mol. The number of methoxy groups -OCH3 is 1. The van der Waals surface area contributed by atoms with E-state index in [1.165, 1.54) is 0 Å². The molecule has 3 fully saturated rings. The Labute approximate surface area is 138 Å². The van der Waals surface area contributed by atoms with Crippen LogP contribution in [0.1, 0.15) is 38.5 Å². The standard InChI is InChI=1S/C17H28N2O4/c1-22-12-10-19-13-14(3-4-15(19)20)16(21)18-8-6-17(7-9-18)5-2-11-23-17/h14H,2-13H2,1H3. The Kier molecular flexibility index (Phi) is 5.21. The van der Waals surface area contributed by atoms with E-state index in [0.717, 1.165) is 45.4 Å². The summed E-state index contributed by atoms with van der Waals surface area (Å²) < 4.78 is 11.0. The number of amides is 2. The summed E-state index contributed by atoms with van der Waals surface area (Å²) in [4.78, 5) is 28.5. The molecule has 3 aliphatic rings. The van der Waals surface area contributed by atoms with Crippen LogP contribution in [0.3, 0.4) is 0 Å². The minimum atomic E-state index is -0.0527. The molecule has 0 radical (unpaired) electrons. The average Bonchev–Trinajstić information content (AvgIpc) is 3.02. The largest absolute Gasteiger partial charge is 0.383 e. The molecule has 0 aromatic rings. The second-order valence-corrected chi connectivity index (χ2v) is 7.03. The van der Waals surface area contributed by atoms with Gasteiger partial charge in [0.05, 0.1) is 18.1 Å². The minimum Gasteiger partial charge on any atom is -0.383 e. The van der Waals surface area contributed by atoms with Crippen molar-refractivity contribution in [3.8, 4) is 0 Å². The Morgan fingerprint density at radius 3 is 2.78 bits per heavy atom. The van der Waals surface area contributed by atoms with Crippen molar-refractivity contribution in [1.82, 2.24) is 9.80 Å². The Morgan fingerprint density at radius 2 is 2.13 bits per heavy atom. The van der Waals surface area contributed by atoms with E-state index < -0.39 is 0 Å². The summed E-state index contributed by atoms with van der Waals surface area (Å²) in [5.41, 5.74) is 0.0454. The van der Waals surface area contributed by atoms with Gasteiger partial charge in [0.15, 0.2) is 0 Å². The maximum atomic E-state index is 12.8. The number of nitrogens with zero attached hydrogens (tertiary/aromatic N) is 2. The van der Waals surface area contributed by atoms with Crippen LogP contribution in [0.4, 0.5) is 0 Å². The van der Waals surface area contributed by atoms with E-state index in [0.29, 0.717) is 32.5 Å². The topological polar surface area (TPSA) is 59.1 Å². The van der Waals surface area contributed by atoms with Crippen molar-refractivity contribution in [2.75, 3.05) is 46.5 Å².